The predicted molar refractivity (Wildman–Crippen MR) is 99.5 cm³/mol. The lowest BCUT2D eigenvalue weighted by molar-refractivity contribution is 0.596. The smallest absolute Gasteiger partial charge is 0.164 e. The standard InChI is InChI=1S/C17H20N6O2S/c1-11-14-16(19-9-12-5-8-26(24,25)10-12)20-15(13-3-6-18-7-4-13)21-17(14)23(2)22-11/h3-4,6-7,12H,5,8-10H2,1-2H3,(H,19,20,21)/t12-/m1/s1. The fourth-order valence-electron chi connectivity index (χ4n) is 3.37. The molecule has 26 heavy (non-hydrogen) atoms. The van der Waals surface area contributed by atoms with Crippen LogP contribution in [-0.4, -0.2) is 51.2 Å². The van der Waals surface area contributed by atoms with Crippen molar-refractivity contribution in [1.82, 2.24) is 24.7 Å². The lowest BCUT2D eigenvalue weighted by Crippen LogP contribution is -2.17. The van der Waals surface area contributed by atoms with Gasteiger partial charge in [-0.1, -0.05) is 0 Å². The van der Waals surface area contributed by atoms with Crippen molar-refractivity contribution in [2.24, 2.45) is 13.0 Å². The van der Waals surface area contributed by atoms with Crippen LogP contribution in [0.25, 0.3) is 22.4 Å². The van der Waals surface area contributed by atoms with Crippen molar-refractivity contribution < 1.29 is 8.42 Å². The van der Waals surface area contributed by atoms with E-state index in [2.05, 4.69) is 25.4 Å². The Morgan fingerprint density at radius 3 is 2.73 bits per heavy atom. The van der Waals surface area contributed by atoms with Crippen molar-refractivity contribution in [1.29, 1.82) is 0 Å². The van der Waals surface area contributed by atoms with Gasteiger partial charge in [0, 0.05) is 31.5 Å². The quantitative estimate of drug-likeness (QED) is 0.741. The van der Waals surface area contributed by atoms with Gasteiger partial charge in [-0.2, -0.15) is 5.10 Å². The summed E-state index contributed by atoms with van der Waals surface area (Å²) in [6, 6.07) is 3.72. The number of anilines is 1. The summed E-state index contributed by atoms with van der Waals surface area (Å²) in [4.78, 5) is 13.4. The van der Waals surface area contributed by atoms with Crippen LogP contribution in [0.3, 0.4) is 0 Å². The molecular formula is C17H20N6O2S. The minimum absolute atomic E-state index is 0.103. The maximum atomic E-state index is 11.7. The molecule has 0 aliphatic carbocycles. The molecule has 4 rings (SSSR count). The van der Waals surface area contributed by atoms with E-state index >= 15 is 0 Å². The molecule has 3 aromatic rings. The van der Waals surface area contributed by atoms with Crippen LogP contribution in [0.2, 0.25) is 0 Å². The van der Waals surface area contributed by atoms with E-state index in [1.165, 1.54) is 0 Å². The highest BCUT2D eigenvalue weighted by Crippen LogP contribution is 2.28. The number of fused-ring (bicyclic) bond motifs is 1. The van der Waals surface area contributed by atoms with Gasteiger partial charge in [0.05, 0.1) is 22.6 Å². The van der Waals surface area contributed by atoms with Crippen molar-refractivity contribution >= 4 is 26.7 Å². The molecule has 3 aromatic heterocycles. The van der Waals surface area contributed by atoms with Gasteiger partial charge in [-0.3, -0.25) is 9.67 Å². The third-order valence-electron chi connectivity index (χ3n) is 4.68. The van der Waals surface area contributed by atoms with E-state index in [4.69, 9.17) is 0 Å². The summed E-state index contributed by atoms with van der Waals surface area (Å²) >= 11 is 0. The number of aromatic nitrogens is 5. The van der Waals surface area contributed by atoms with Crippen LogP contribution in [0, 0.1) is 12.8 Å². The first-order valence-corrected chi connectivity index (χ1v) is 10.3. The molecule has 1 aliphatic rings. The highest BCUT2D eigenvalue weighted by molar-refractivity contribution is 7.91. The third kappa shape index (κ3) is 3.14. The zero-order valence-electron chi connectivity index (χ0n) is 14.7. The number of nitrogens with zero attached hydrogens (tertiary/aromatic N) is 5. The minimum Gasteiger partial charge on any atom is -0.369 e. The van der Waals surface area contributed by atoms with Gasteiger partial charge in [-0.25, -0.2) is 18.4 Å². The first-order chi connectivity index (χ1) is 12.4. The van der Waals surface area contributed by atoms with Gasteiger partial charge in [-0.15, -0.1) is 0 Å². The number of rotatable bonds is 4. The van der Waals surface area contributed by atoms with Crippen molar-refractivity contribution in [3.05, 3.63) is 30.2 Å². The summed E-state index contributed by atoms with van der Waals surface area (Å²) in [5.74, 6) is 1.89. The highest BCUT2D eigenvalue weighted by atomic mass is 32.2. The van der Waals surface area contributed by atoms with Crippen LogP contribution in [0.15, 0.2) is 24.5 Å². The number of hydrogen-bond donors (Lipinski definition) is 1. The Kier molecular flexibility index (Phi) is 4.10. The molecule has 0 bridgehead atoms. The molecule has 0 spiro atoms. The second-order valence-electron chi connectivity index (χ2n) is 6.69. The molecule has 1 aliphatic heterocycles. The monoisotopic (exact) mass is 372 g/mol. The number of sulfone groups is 1. The van der Waals surface area contributed by atoms with Crippen molar-refractivity contribution in [2.45, 2.75) is 13.3 Å². The lowest BCUT2D eigenvalue weighted by Gasteiger charge is -2.12. The average Bonchev–Trinajstić information content (AvgIpc) is 3.12. The Balaban J connectivity index is 1.72. The Labute approximate surface area is 151 Å². The first-order valence-electron chi connectivity index (χ1n) is 8.49. The fraction of sp³-hybridized carbons (Fsp3) is 0.412. The van der Waals surface area contributed by atoms with E-state index in [1.54, 1.807) is 17.1 Å². The van der Waals surface area contributed by atoms with Gasteiger partial charge in [0.2, 0.25) is 0 Å². The molecule has 1 fully saturated rings. The summed E-state index contributed by atoms with van der Waals surface area (Å²) in [5.41, 5.74) is 2.45. The zero-order chi connectivity index (χ0) is 18.3. The van der Waals surface area contributed by atoms with Gasteiger partial charge in [0.15, 0.2) is 21.3 Å². The van der Waals surface area contributed by atoms with E-state index in [1.807, 2.05) is 26.1 Å². The lowest BCUT2D eigenvalue weighted by atomic mass is 10.1. The summed E-state index contributed by atoms with van der Waals surface area (Å²) in [7, 11) is -1.04. The molecule has 0 saturated carbocycles. The van der Waals surface area contributed by atoms with E-state index in [0.717, 1.165) is 22.3 Å². The van der Waals surface area contributed by atoms with Crippen molar-refractivity contribution in [2.75, 3.05) is 23.4 Å². The van der Waals surface area contributed by atoms with E-state index in [-0.39, 0.29) is 17.4 Å². The SMILES string of the molecule is Cc1nn(C)c2nc(-c3ccncc3)nc(NC[C@H]3CCS(=O)(=O)C3)c12. The van der Waals surface area contributed by atoms with Crippen LogP contribution >= 0.6 is 0 Å². The fourth-order valence-corrected chi connectivity index (χ4v) is 5.23. The Bertz CT molecular complexity index is 1060. The number of pyridine rings is 1. The molecule has 0 unspecified atom stereocenters. The largest absolute Gasteiger partial charge is 0.369 e. The molecule has 0 radical (unpaired) electrons. The molecule has 0 amide bonds. The van der Waals surface area contributed by atoms with Gasteiger partial charge in [-0.05, 0) is 31.4 Å². The molecule has 9 heteroatoms. The summed E-state index contributed by atoms with van der Waals surface area (Å²) in [6.45, 7) is 2.48. The maximum absolute atomic E-state index is 11.7. The molecule has 1 atom stereocenters. The van der Waals surface area contributed by atoms with Crippen LogP contribution in [0.1, 0.15) is 12.1 Å². The Hall–Kier alpha value is -2.55. The Morgan fingerprint density at radius 1 is 1.27 bits per heavy atom. The van der Waals surface area contributed by atoms with E-state index < -0.39 is 9.84 Å². The molecule has 1 saturated heterocycles. The number of hydrogen-bond acceptors (Lipinski definition) is 7. The van der Waals surface area contributed by atoms with E-state index in [0.29, 0.717) is 24.6 Å². The molecular weight excluding hydrogens is 352 g/mol. The van der Waals surface area contributed by atoms with Crippen LogP contribution in [0.4, 0.5) is 5.82 Å². The van der Waals surface area contributed by atoms with Gasteiger partial charge >= 0.3 is 0 Å². The summed E-state index contributed by atoms with van der Waals surface area (Å²) < 4.78 is 25.1. The summed E-state index contributed by atoms with van der Waals surface area (Å²) in [6.07, 6.45) is 4.09. The van der Waals surface area contributed by atoms with Gasteiger partial charge in [0.25, 0.3) is 0 Å². The number of nitrogens with one attached hydrogen (secondary N) is 1. The molecule has 0 aromatic carbocycles. The second kappa shape index (κ2) is 6.31. The summed E-state index contributed by atoms with van der Waals surface area (Å²) in [5, 5.41) is 8.67. The predicted octanol–water partition coefficient (Wildman–Crippen LogP) is 1.58. The highest BCUT2D eigenvalue weighted by Gasteiger charge is 2.28. The Morgan fingerprint density at radius 2 is 2.04 bits per heavy atom. The van der Waals surface area contributed by atoms with Crippen molar-refractivity contribution in [3.63, 3.8) is 0 Å². The number of aryl methyl sites for hydroxylation is 2. The molecule has 136 valence electrons. The van der Waals surface area contributed by atoms with Crippen LogP contribution in [0.5, 0.6) is 0 Å². The minimum atomic E-state index is -2.89. The topological polar surface area (TPSA) is 103 Å². The van der Waals surface area contributed by atoms with Crippen LogP contribution < -0.4 is 5.32 Å². The van der Waals surface area contributed by atoms with E-state index in [9.17, 15) is 8.42 Å². The molecule has 1 N–H and O–H groups in total. The van der Waals surface area contributed by atoms with Crippen LogP contribution in [-0.2, 0) is 16.9 Å². The van der Waals surface area contributed by atoms with Crippen molar-refractivity contribution in [3.8, 4) is 11.4 Å². The molecule has 4 heterocycles. The third-order valence-corrected chi connectivity index (χ3v) is 6.52. The van der Waals surface area contributed by atoms with Gasteiger partial charge < -0.3 is 5.32 Å². The van der Waals surface area contributed by atoms with Gasteiger partial charge in [0.1, 0.15) is 5.82 Å². The average molecular weight is 372 g/mol. The molecule has 8 nitrogen and oxygen atoms in total. The normalized spacial score (nSPS) is 19.1. The maximum Gasteiger partial charge on any atom is 0.164 e. The zero-order valence-corrected chi connectivity index (χ0v) is 15.5. The second-order valence-corrected chi connectivity index (χ2v) is 8.92. The first kappa shape index (κ1) is 16.9.